The van der Waals surface area contributed by atoms with E-state index in [4.69, 9.17) is 0 Å². The highest BCUT2D eigenvalue weighted by Gasteiger charge is 2.28. The minimum absolute atomic E-state index is 0.00805. The molecule has 0 radical (unpaired) electrons. The number of piperidine rings is 1. The molecule has 1 aromatic rings. The van der Waals surface area contributed by atoms with Gasteiger partial charge in [-0.1, -0.05) is 33.6 Å². The Morgan fingerprint density at radius 1 is 1.19 bits per heavy atom. The van der Waals surface area contributed by atoms with Gasteiger partial charge in [0.2, 0.25) is 15.9 Å². The average molecular weight is 381 g/mol. The van der Waals surface area contributed by atoms with Crippen molar-refractivity contribution in [2.45, 2.75) is 64.2 Å². The fourth-order valence-corrected chi connectivity index (χ4v) is 4.77. The summed E-state index contributed by atoms with van der Waals surface area (Å²) in [7, 11) is -3.44. The molecule has 1 aromatic carbocycles. The molecule has 6 heteroatoms. The quantitative estimate of drug-likeness (QED) is 0.733. The van der Waals surface area contributed by atoms with Crippen LogP contribution in [0.2, 0.25) is 0 Å². The number of amides is 1. The molecule has 0 aromatic heterocycles. The SMILES string of the molecule is CCCC[C@@H](CC)C(=O)Nc1ccc(S(=O)(=O)N2CCC(C)CC2)cc1. The topological polar surface area (TPSA) is 66.5 Å². The highest BCUT2D eigenvalue weighted by Crippen LogP contribution is 2.24. The van der Waals surface area contributed by atoms with Crippen LogP contribution in [-0.4, -0.2) is 31.7 Å². The first-order valence-corrected chi connectivity index (χ1v) is 11.2. The maximum absolute atomic E-state index is 12.7. The molecule has 2 rings (SSSR count). The normalized spacial score (nSPS) is 17.8. The molecule has 5 nitrogen and oxygen atoms in total. The van der Waals surface area contributed by atoms with Crippen LogP contribution < -0.4 is 5.32 Å². The van der Waals surface area contributed by atoms with Gasteiger partial charge in [0, 0.05) is 24.7 Å². The number of rotatable bonds is 8. The van der Waals surface area contributed by atoms with Crippen LogP contribution in [-0.2, 0) is 14.8 Å². The van der Waals surface area contributed by atoms with Crippen LogP contribution in [0.15, 0.2) is 29.2 Å². The maximum Gasteiger partial charge on any atom is 0.243 e. The summed E-state index contributed by atoms with van der Waals surface area (Å²) in [6.45, 7) is 7.46. The van der Waals surface area contributed by atoms with Crippen molar-refractivity contribution in [2.75, 3.05) is 18.4 Å². The molecule has 0 spiro atoms. The zero-order valence-corrected chi connectivity index (χ0v) is 17.0. The van der Waals surface area contributed by atoms with Gasteiger partial charge in [-0.05, 0) is 55.9 Å². The van der Waals surface area contributed by atoms with Gasteiger partial charge in [0.15, 0.2) is 0 Å². The number of hydrogen-bond acceptors (Lipinski definition) is 3. The Bertz CT molecular complexity index is 678. The third-order valence-corrected chi connectivity index (χ3v) is 7.18. The minimum atomic E-state index is -3.44. The molecule has 146 valence electrons. The maximum atomic E-state index is 12.7. The molecule has 1 fully saturated rings. The Hall–Kier alpha value is -1.40. The first kappa shape index (κ1) is 20.9. The molecule has 1 N–H and O–H groups in total. The lowest BCUT2D eigenvalue weighted by atomic mass is 9.98. The Balaban J connectivity index is 2.02. The summed E-state index contributed by atoms with van der Waals surface area (Å²) in [6, 6.07) is 6.56. The number of anilines is 1. The lowest BCUT2D eigenvalue weighted by Gasteiger charge is -2.29. The summed E-state index contributed by atoms with van der Waals surface area (Å²) in [5, 5.41) is 2.92. The summed E-state index contributed by atoms with van der Waals surface area (Å²) in [5.41, 5.74) is 0.649. The van der Waals surface area contributed by atoms with Crippen LogP contribution in [0.5, 0.6) is 0 Å². The minimum Gasteiger partial charge on any atom is -0.326 e. The van der Waals surface area contributed by atoms with E-state index in [9.17, 15) is 13.2 Å². The van der Waals surface area contributed by atoms with Gasteiger partial charge < -0.3 is 5.32 Å². The van der Waals surface area contributed by atoms with E-state index in [1.807, 2.05) is 6.92 Å². The van der Waals surface area contributed by atoms with Gasteiger partial charge in [-0.3, -0.25) is 4.79 Å². The number of carbonyl (C=O) groups is 1. The van der Waals surface area contributed by atoms with Gasteiger partial charge in [0.05, 0.1) is 4.90 Å². The molecular weight excluding hydrogens is 348 g/mol. The Kier molecular flexibility index (Phi) is 7.65. The predicted octanol–water partition coefficient (Wildman–Crippen LogP) is 4.26. The first-order chi connectivity index (χ1) is 12.4. The van der Waals surface area contributed by atoms with Gasteiger partial charge in [-0.15, -0.1) is 0 Å². The summed E-state index contributed by atoms with van der Waals surface area (Å²) >= 11 is 0. The molecule has 0 unspecified atom stereocenters. The van der Waals surface area contributed by atoms with Gasteiger partial charge in [0.25, 0.3) is 0 Å². The zero-order chi connectivity index (χ0) is 19.2. The van der Waals surface area contributed by atoms with E-state index in [1.54, 1.807) is 28.6 Å². The number of carbonyl (C=O) groups excluding carboxylic acids is 1. The molecule has 1 aliphatic heterocycles. The monoisotopic (exact) mass is 380 g/mol. The van der Waals surface area contributed by atoms with Crippen LogP contribution in [0, 0.1) is 11.8 Å². The number of nitrogens with one attached hydrogen (secondary N) is 1. The van der Waals surface area contributed by atoms with Crippen LogP contribution in [0.1, 0.15) is 59.3 Å². The van der Waals surface area contributed by atoms with Gasteiger partial charge in [-0.2, -0.15) is 4.31 Å². The molecule has 1 saturated heterocycles. The van der Waals surface area contributed by atoms with Crippen LogP contribution >= 0.6 is 0 Å². The van der Waals surface area contributed by atoms with E-state index in [-0.39, 0.29) is 11.8 Å². The first-order valence-electron chi connectivity index (χ1n) is 9.79. The lowest BCUT2D eigenvalue weighted by molar-refractivity contribution is -0.120. The average Bonchev–Trinajstić information content (AvgIpc) is 2.63. The number of sulfonamides is 1. The number of nitrogens with zero attached hydrogens (tertiary/aromatic N) is 1. The standard InChI is InChI=1S/C20H32N2O3S/c1-4-6-7-17(5-2)20(23)21-18-8-10-19(11-9-18)26(24,25)22-14-12-16(3)13-15-22/h8-11,16-17H,4-7,12-15H2,1-3H3,(H,21,23)/t17-/m1/s1. The van der Waals surface area contributed by atoms with E-state index >= 15 is 0 Å². The predicted molar refractivity (Wildman–Crippen MR) is 106 cm³/mol. The van der Waals surface area contributed by atoms with Crippen molar-refractivity contribution in [3.63, 3.8) is 0 Å². The van der Waals surface area contributed by atoms with E-state index in [2.05, 4.69) is 19.2 Å². The van der Waals surface area contributed by atoms with Crippen molar-refractivity contribution < 1.29 is 13.2 Å². The zero-order valence-electron chi connectivity index (χ0n) is 16.2. The second kappa shape index (κ2) is 9.51. The van der Waals surface area contributed by atoms with Gasteiger partial charge >= 0.3 is 0 Å². The second-order valence-corrected chi connectivity index (χ2v) is 9.29. The Morgan fingerprint density at radius 2 is 1.81 bits per heavy atom. The summed E-state index contributed by atoms with van der Waals surface area (Å²) in [4.78, 5) is 12.7. The highest BCUT2D eigenvalue weighted by molar-refractivity contribution is 7.89. The summed E-state index contributed by atoms with van der Waals surface area (Å²) in [6.07, 6.45) is 5.63. The molecule has 1 atom stereocenters. The van der Waals surface area contributed by atoms with Crippen molar-refractivity contribution in [2.24, 2.45) is 11.8 Å². The number of hydrogen-bond donors (Lipinski definition) is 1. The molecular formula is C20H32N2O3S. The summed E-state index contributed by atoms with van der Waals surface area (Å²) in [5.74, 6) is 0.605. The smallest absolute Gasteiger partial charge is 0.243 e. The highest BCUT2D eigenvalue weighted by atomic mass is 32.2. The van der Waals surface area contributed by atoms with Crippen molar-refractivity contribution in [1.29, 1.82) is 0 Å². The third-order valence-electron chi connectivity index (χ3n) is 5.27. The molecule has 0 aliphatic carbocycles. The third kappa shape index (κ3) is 5.30. The number of unbranched alkanes of at least 4 members (excludes halogenated alkanes) is 1. The van der Waals surface area contributed by atoms with Crippen molar-refractivity contribution in [1.82, 2.24) is 4.31 Å². The van der Waals surface area contributed by atoms with Crippen LogP contribution in [0.3, 0.4) is 0 Å². The summed E-state index contributed by atoms with van der Waals surface area (Å²) < 4.78 is 27.0. The number of benzene rings is 1. The van der Waals surface area contributed by atoms with Crippen molar-refractivity contribution >= 4 is 21.6 Å². The van der Waals surface area contributed by atoms with Crippen molar-refractivity contribution in [3.8, 4) is 0 Å². The second-order valence-electron chi connectivity index (χ2n) is 7.35. The van der Waals surface area contributed by atoms with Crippen LogP contribution in [0.25, 0.3) is 0 Å². The molecule has 0 bridgehead atoms. The fraction of sp³-hybridized carbons (Fsp3) is 0.650. The van der Waals surface area contributed by atoms with E-state index in [0.29, 0.717) is 29.6 Å². The molecule has 0 saturated carbocycles. The molecule has 1 aliphatic rings. The fourth-order valence-electron chi connectivity index (χ4n) is 3.30. The van der Waals surface area contributed by atoms with Gasteiger partial charge in [-0.25, -0.2) is 8.42 Å². The van der Waals surface area contributed by atoms with Crippen molar-refractivity contribution in [3.05, 3.63) is 24.3 Å². The largest absolute Gasteiger partial charge is 0.326 e. The van der Waals surface area contributed by atoms with E-state index < -0.39 is 10.0 Å². The molecule has 1 heterocycles. The Labute approximate surface area is 158 Å². The van der Waals surface area contributed by atoms with Gasteiger partial charge in [0.1, 0.15) is 0 Å². The van der Waals surface area contributed by atoms with E-state index in [0.717, 1.165) is 38.5 Å². The van der Waals surface area contributed by atoms with Crippen LogP contribution in [0.4, 0.5) is 5.69 Å². The van der Waals surface area contributed by atoms with E-state index in [1.165, 1.54) is 0 Å². The Morgan fingerprint density at radius 3 is 2.35 bits per heavy atom. The molecule has 1 amide bonds. The lowest BCUT2D eigenvalue weighted by Crippen LogP contribution is -2.37. The molecule has 26 heavy (non-hydrogen) atoms.